The van der Waals surface area contributed by atoms with Crippen molar-refractivity contribution in [1.82, 2.24) is 14.7 Å². The van der Waals surface area contributed by atoms with E-state index in [1.807, 2.05) is 18.0 Å². The van der Waals surface area contributed by atoms with E-state index in [-0.39, 0.29) is 5.91 Å². The van der Waals surface area contributed by atoms with Crippen LogP contribution in [0, 0.1) is 11.8 Å². The van der Waals surface area contributed by atoms with Crippen LogP contribution in [0.15, 0.2) is 6.07 Å². The van der Waals surface area contributed by atoms with Crippen LogP contribution in [-0.4, -0.2) is 46.9 Å². The van der Waals surface area contributed by atoms with Gasteiger partial charge in [-0.3, -0.25) is 9.48 Å². The van der Waals surface area contributed by atoms with Crippen LogP contribution in [0.3, 0.4) is 0 Å². The quantitative estimate of drug-likeness (QED) is 0.861. The molecule has 1 saturated carbocycles. The van der Waals surface area contributed by atoms with E-state index in [0.717, 1.165) is 24.8 Å². The maximum atomic E-state index is 12.9. The van der Waals surface area contributed by atoms with Gasteiger partial charge in [-0.1, -0.05) is 33.1 Å². The molecule has 1 aromatic rings. The molecule has 0 radical (unpaired) electrons. The molecule has 122 valence electrons. The molecule has 1 aliphatic carbocycles. The molecular weight excluding hydrogens is 278 g/mol. The summed E-state index contributed by atoms with van der Waals surface area (Å²) in [7, 11) is 1.86. The Bertz CT molecular complexity index is 534. The number of aromatic nitrogens is 2. The zero-order valence-corrected chi connectivity index (χ0v) is 13.9. The highest BCUT2D eigenvalue weighted by Gasteiger charge is 2.32. The van der Waals surface area contributed by atoms with Crippen molar-refractivity contribution in [3.05, 3.63) is 17.5 Å². The molecule has 1 saturated heterocycles. The molecule has 1 aromatic heterocycles. The van der Waals surface area contributed by atoms with Crippen LogP contribution in [-0.2, 0) is 11.8 Å². The van der Waals surface area contributed by atoms with Crippen LogP contribution in [0.5, 0.6) is 0 Å². The van der Waals surface area contributed by atoms with Gasteiger partial charge in [-0.2, -0.15) is 5.10 Å². The minimum absolute atomic E-state index is 0.0942. The van der Waals surface area contributed by atoms with Gasteiger partial charge in [-0.25, -0.2) is 0 Å². The normalized spacial score (nSPS) is 23.5. The molecule has 0 aromatic carbocycles. The Kier molecular flexibility index (Phi) is 4.52. The molecule has 0 bridgehead atoms. The third kappa shape index (κ3) is 3.05. The average Bonchev–Trinajstić information content (AvgIpc) is 2.66. The van der Waals surface area contributed by atoms with E-state index in [1.165, 1.54) is 19.3 Å². The Hall–Kier alpha value is -1.36. The van der Waals surface area contributed by atoms with Crippen molar-refractivity contribution in [2.75, 3.05) is 26.3 Å². The first-order valence-corrected chi connectivity index (χ1v) is 8.47. The number of amides is 1. The van der Waals surface area contributed by atoms with Crippen LogP contribution in [0.25, 0.3) is 0 Å². The molecule has 5 nitrogen and oxygen atoms in total. The van der Waals surface area contributed by atoms with Gasteiger partial charge in [0.25, 0.3) is 5.91 Å². The first kappa shape index (κ1) is 15.5. The summed E-state index contributed by atoms with van der Waals surface area (Å²) in [6.45, 7) is 7.16. The van der Waals surface area contributed by atoms with E-state index in [1.54, 1.807) is 4.68 Å². The van der Waals surface area contributed by atoms with Gasteiger partial charge in [0, 0.05) is 26.1 Å². The van der Waals surface area contributed by atoms with Crippen LogP contribution in [0.4, 0.5) is 0 Å². The highest BCUT2D eigenvalue weighted by Crippen LogP contribution is 2.35. The topological polar surface area (TPSA) is 47.4 Å². The van der Waals surface area contributed by atoms with Gasteiger partial charge in [0.2, 0.25) is 0 Å². The maximum absolute atomic E-state index is 12.9. The molecule has 1 atom stereocenters. The number of hydrogen-bond donors (Lipinski definition) is 0. The number of aryl methyl sites for hydroxylation is 1. The Labute approximate surface area is 132 Å². The van der Waals surface area contributed by atoms with Crippen molar-refractivity contribution >= 4 is 5.91 Å². The predicted molar refractivity (Wildman–Crippen MR) is 84.9 cm³/mol. The van der Waals surface area contributed by atoms with Crippen LogP contribution in [0.1, 0.15) is 55.2 Å². The lowest BCUT2D eigenvalue weighted by Gasteiger charge is -2.34. The van der Waals surface area contributed by atoms with Gasteiger partial charge in [0.05, 0.1) is 18.9 Å². The smallest absolute Gasteiger partial charge is 0.272 e. The van der Waals surface area contributed by atoms with Crippen molar-refractivity contribution in [1.29, 1.82) is 0 Å². The third-order valence-corrected chi connectivity index (χ3v) is 5.11. The van der Waals surface area contributed by atoms with Gasteiger partial charge < -0.3 is 9.64 Å². The van der Waals surface area contributed by atoms with E-state index >= 15 is 0 Å². The Morgan fingerprint density at radius 1 is 1.36 bits per heavy atom. The summed E-state index contributed by atoms with van der Waals surface area (Å²) in [5, 5.41) is 4.47. The molecule has 0 N–H and O–H groups in total. The molecule has 1 aliphatic heterocycles. The molecular formula is C17H27N3O2. The zero-order chi connectivity index (χ0) is 15.7. The maximum Gasteiger partial charge on any atom is 0.272 e. The van der Waals surface area contributed by atoms with Crippen LogP contribution < -0.4 is 0 Å². The highest BCUT2D eigenvalue weighted by molar-refractivity contribution is 5.92. The standard InChI is InChI=1S/C17H27N3O2/c1-12(2)15-9-16(19(3)18-15)17(21)20-7-8-22-11-14(10-20)13-5-4-6-13/h9,12-14H,4-8,10-11H2,1-3H3. The zero-order valence-electron chi connectivity index (χ0n) is 13.9. The second-order valence-electron chi connectivity index (χ2n) is 7.01. The summed E-state index contributed by atoms with van der Waals surface area (Å²) < 4.78 is 7.46. The van der Waals surface area contributed by atoms with Gasteiger partial charge >= 0.3 is 0 Å². The minimum atomic E-state index is 0.0942. The van der Waals surface area contributed by atoms with Crippen molar-refractivity contribution in [3.8, 4) is 0 Å². The van der Waals surface area contributed by atoms with Gasteiger partial charge in [-0.05, 0) is 17.9 Å². The molecule has 0 spiro atoms. The predicted octanol–water partition coefficient (Wildman–Crippen LogP) is 2.43. The summed E-state index contributed by atoms with van der Waals surface area (Å²) in [4.78, 5) is 14.9. The molecule has 1 unspecified atom stereocenters. The van der Waals surface area contributed by atoms with Crippen LogP contribution >= 0.6 is 0 Å². The fourth-order valence-corrected chi connectivity index (χ4v) is 3.35. The van der Waals surface area contributed by atoms with E-state index in [0.29, 0.717) is 30.7 Å². The molecule has 1 amide bonds. The molecule has 2 heterocycles. The fraction of sp³-hybridized carbons (Fsp3) is 0.765. The molecule has 2 aliphatic rings. The number of carbonyl (C=O) groups is 1. The first-order valence-electron chi connectivity index (χ1n) is 8.47. The second-order valence-corrected chi connectivity index (χ2v) is 7.01. The number of nitrogens with zero attached hydrogens (tertiary/aromatic N) is 3. The number of rotatable bonds is 3. The van der Waals surface area contributed by atoms with Crippen molar-refractivity contribution < 1.29 is 9.53 Å². The SMILES string of the molecule is CC(C)c1cc(C(=O)N2CCOCC(C3CCC3)C2)n(C)n1. The third-order valence-electron chi connectivity index (χ3n) is 5.11. The summed E-state index contributed by atoms with van der Waals surface area (Å²) in [5.74, 6) is 1.67. The summed E-state index contributed by atoms with van der Waals surface area (Å²) in [6.07, 6.45) is 3.91. The Morgan fingerprint density at radius 3 is 2.73 bits per heavy atom. The molecule has 3 rings (SSSR count). The second kappa shape index (κ2) is 6.41. The van der Waals surface area contributed by atoms with Gasteiger partial charge in [0.15, 0.2) is 0 Å². The average molecular weight is 305 g/mol. The number of hydrogen-bond acceptors (Lipinski definition) is 3. The van der Waals surface area contributed by atoms with Gasteiger partial charge in [0.1, 0.15) is 5.69 Å². The van der Waals surface area contributed by atoms with E-state index in [2.05, 4.69) is 18.9 Å². The first-order chi connectivity index (χ1) is 10.6. The van der Waals surface area contributed by atoms with Crippen molar-refractivity contribution in [2.45, 2.75) is 39.0 Å². The van der Waals surface area contributed by atoms with Crippen molar-refractivity contribution in [3.63, 3.8) is 0 Å². The molecule has 22 heavy (non-hydrogen) atoms. The summed E-state index contributed by atoms with van der Waals surface area (Å²) >= 11 is 0. The molecule has 5 heteroatoms. The minimum Gasteiger partial charge on any atom is -0.379 e. The monoisotopic (exact) mass is 305 g/mol. The summed E-state index contributed by atoms with van der Waals surface area (Å²) in [5.41, 5.74) is 1.67. The van der Waals surface area contributed by atoms with E-state index in [9.17, 15) is 4.79 Å². The van der Waals surface area contributed by atoms with E-state index < -0.39 is 0 Å². The Morgan fingerprint density at radius 2 is 2.14 bits per heavy atom. The number of carbonyl (C=O) groups excluding carboxylic acids is 1. The lowest BCUT2D eigenvalue weighted by atomic mass is 9.76. The largest absolute Gasteiger partial charge is 0.379 e. The lowest BCUT2D eigenvalue weighted by Crippen LogP contribution is -2.39. The highest BCUT2D eigenvalue weighted by atomic mass is 16.5. The lowest BCUT2D eigenvalue weighted by molar-refractivity contribution is 0.0679. The Balaban J connectivity index is 1.74. The van der Waals surface area contributed by atoms with Crippen molar-refractivity contribution in [2.24, 2.45) is 18.9 Å². The number of ether oxygens (including phenoxy) is 1. The van der Waals surface area contributed by atoms with Gasteiger partial charge in [-0.15, -0.1) is 0 Å². The van der Waals surface area contributed by atoms with E-state index in [4.69, 9.17) is 4.74 Å². The molecule has 2 fully saturated rings. The fourth-order valence-electron chi connectivity index (χ4n) is 3.35. The summed E-state index contributed by atoms with van der Waals surface area (Å²) in [6, 6.07) is 1.94. The van der Waals surface area contributed by atoms with Crippen LogP contribution in [0.2, 0.25) is 0 Å².